The minimum atomic E-state index is -1.66. The standard InChI is InChI=1S/C57H111NO10/c1-3-5-7-9-11-13-14-15-16-17-18-19-20-21-22-23-24-25-26-27-28-29-30-31-32-33-34-35-37-38-40-42-44-49(60)52(62)48(47-67-57-55(65)54(64)53(63)51(46-59)68-57)58-56(66)50(61)45-43-41-39-36-12-10-8-6-4-2/h10,12,48-55,57,59-65H,3-9,11,13-47H2,1-2H3,(H,58,66)/b12-10-. The van der Waals surface area contributed by atoms with Crippen molar-refractivity contribution < 1.29 is 50.0 Å². The van der Waals surface area contributed by atoms with Crippen molar-refractivity contribution >= 4 is 5.91 Å². The molecule has 1 aliphatic heterocycles. The predicted octanol–water partition coefficient (Wildman–Crippen LogP) is 12.0. The van der Waals surface area contributed by atoms with Crippen molar-refractivity contribution in [1.82, 2.24) is 5.32 Å². The van der Waals surface area contributed by atoms with Gasteiger partial charge in [-0.1, -0.05) is 257 Å². The molecule has 68 heavy (non-hydrogen) atoms. The summed E-state index contributed by atoms with van der Waals surface area (Å²) in [5.74, 6) is -0.709. The van der Waals surface area contributed by atoms with Gasteiger partial charge in [-0.05, 0) is 32.1 Å². The third kappa shape index (κ3) is 35.1. The monoisotopic (exact) mass is 970 g/mol. The van der Waals surface area contributed by atoms with Crippen LogP contribution in [-0.2, 0) is 14.3 Å². The summed E-state index contributed by atoms with van der Waals surface area (Å²) < 4.78 is 11.1. The highest BCUT2D eigenvalue weighted by atomic mass is 16.7. The third-order valence-corrected chi connectivity index (χ3v) is 14.3. The number of hydrogen-bond acceptors (Lipinski definition) is 10. The summed E-state index contributed by atoms with van der Waals surface area (Å²) in [4.78, 5) is 13.1. The second kappa shape index (κ2) is 46.9. The van der Waals surface area contributed by atoms with Gasteiger partial charge in [0.1, 0.15) is 36.6 Å². The number of unbranched alkanes of at least 4 members (excludes halogenated alkanes) is 36. The van der Waals surface area contributed by atoms with E-state index in [1.54, 1.807) is 0 Å². The van der Waals surface area contributed by atoms with E-state index in [0.29, 0.717) is 19.3 Å². The lowest BCUT2D eigenvalue weighted by molar-refractivity contribution is -0.303. The molecule has 1 amide bonds. The number of hydrogen-bond donors (Lipinski definition) is 8. The quantitative estimate of drug-likeness (QED) is 0.0215. The minimum absolute atomic E-state index is 0.240. The molecule has 0 aromatic carbocycles. The first-order valence-electron chi connectivity index (χ1n) is 29.1. The molecule has 11 heteroatoms. The van der Waals surface area contributed by atoms with Crippen LogP contribution in [0.1, 0.15) is 277 Å². The van der Waals surface area contributed by atoms with Crippen LogP contribution in [0.4, 0.5) is 0 Å². The maximum Gasteiger partial charge on any atom is 0.249 e. The van der Waals surface area contributed by atoms with Gasteiger partial charge >= 0.3 is 0 Å². The van der Waals surface area contributed by atoms with Gasteiger partial charge in [-0.2, -0.15) is 0 Å². The molecule has 1 fully saturated rings. The van der Waals surface area contributed by atoms with E-state index in [0.717, 1.165) is 44.9 Å². The van der Waals surface area contributed by atoms with Gasteiger partial charge in [-0.15, -0.1) is 0 Å². The molecule has 0 bridgehead atoms. The van der Waals surface area contributed by atoms with Gasteiger partial charge in [0, 0.05) is 0 Å². The van der Waals surface area contributed by atoms with Crippen molar-refractivity contribution in [3.63, 3.8) is 0 Å². The molecular formula is C57H111NO10. The molecule has 1 saturated heterocycles. The average molecular weight is 971 g/mol. The maximum absolute atomic E-state index is 13.1. The zero-order chi connectivity index (χ0) is 49.7. The number of aliphatic hydroxyl groups excluding tert-OH is 7. The van der Waals surface area contributed by atoms with Crippen LogP contribution < -0.4 is 5.32 Å². The van der Waals surface area contributed by atoms with Crippen LogP contribution in [0.15, 0.2) is 12.2 Å². The molecule has 0 spiro atoms. The summed E-state index contributed by atoms with van der Waals surface area (Å²) in [5, 5.41) is 75.8. The third-order valence-electron chi connectivity index (χ3n) is 14.3. The number of carbonyl (C=O) groups is 1. The van der Waals surface area contributed by atoms with E-state index in [1.807, 2.05) is 0 Å². The zero-order valence-electron chi connectivity index (χ0n) is 44.1. The summed E-state index contributed by atoms with van der Waals surface area (Å²) in [6.07, 6.45) is 43.2. The second-order valence-electron chi connectivity index (χ2n) is 20.7. The van der Waals surface area contributed by atoms with Crippen molar-refractivity contribution in [2.45, 2.75) is 332 Å². The zero-order valence-corrected chi connectivity index (χ0v) is 44.1. The number of allylic oxidation sites excluding steroid dienone is 2. The van der Waals surface area contributed by atoms with Crippen LogP contribution in [0, 0.1) is 0 Å². The van der Waals surface area contributed by atoms with Crippen molar-refractivity contribution in [2.75, 3.05) is 13.2 Å². The van der Waals surface area contributed by atoms with Crippen LogP contribution in [0.3, 0.4) is 0 Å². The molecule has 11 nitrogen and oxygen atoms in total. The fraction of sp³-hybridized carbons (Fsp3) is 0.947. The molecule has 0 aromatic rings. The fourth-order valence-corrected chi connectivity index (χ4v) is 9.54. The molecule has 1 rings (SSSR count). The number of rotatable bonds is 50. The van der Waals surface area contributed by atoms with Crippen LogP contribution in [0.2, 0.25) is 0 Å². The van der Waals surface area contributed by atoms with Crippen LogP contribution in [0.25, 0.3) is 0 Å². The molecule has 404 valence electrons. The average Bonchev–Trinajstić information content (AvgIpc) is 3.34. The molecule has 9 atom stereocenters. The van der Waals surface area contributed by atoms with Crippen molar-refractivity contribution in [3.05, 3.63) is 12.2 Å². The van der Waals surface area contributed by atoms with E-state index in [-0.39, 0.29) is 6.42 Å². The summed E-state index contributed by atoms with van der Waals surface area (Å²) in [5.41, 5.74) is 0. The molecule has 9 unspecified atom stereocenters. The van der Waals surface area contributed by atoms with E-state index in [2.05, 4.69) is 31.3 Å². The molecule has 0 radical (unpaired) electrons. The topological polar surface area (TPSA) is 189 Å². The summed E-state index contributed by atoms with van der Waals surface area (Å²) in [6.45, 7) is 3.40. The van der Waals surface area contributed by atoms with Crippen molar-refractivity contribution in [3.8, 4) is 0 Å². The first kappa shape index (κ1) is 64.9. The first-order chi connectivity index (χ1) is 33.2. The van der Waals surface area contributed by atoms with Gasteiger partial charge in [0.05, 0.1) is 25.4 Å². The molecule has 0 aromatic heterocycles. The van der Waals surface area contributed by atoms with Crippen molar-refractivity contribution in [1.29, 1.82) is 0 Å². The van der Waals surface area contributed by atoms with Gasteiger partial charge in [0.15, 0.2) is 6.29 Å². The number of nitrogens with one attached hydrogen (secondary N) is 1. The van der Waals surface area contributed by atoms with Crippen LogP contribution in [-0.4, -0.2) is 110 Å². The lowest BCUT2D eigenvalue weighted by Crippen LogP contribution is -2.60. The van der Waals surface area contributed by atoms with Gasteiger partial charge < -0.3 is 50.5 Å². The van der Waals surface area contributed by atoms with E-state index in [9.17, 15) is 40.5 Å². The Morgan fingerprint density at radius 1 is 0.500 bits per heavy atom. The van der Waals surface area contributed by atoms with E-state index < -0.39 is 74.2 Å². The summed E-state index contributed by atoms with van der Waals surface area (Å²) in [7, 11) is 0. The lowest BCUT2D eigenvalue weighted by Gasteiger charge is -2.40. The highest BCUT2D eigenvalue weighted by Gasteiger charge is 2.44. The Morgan fingerprint density at radius 2 is 0.868 bits per heavy atom. The normalized spacial score (nSPS) is 20.5. The Balaban J connectivity index is 2.15. The minimum Gasteiger partial charge on any atom is -0.394 e. The van der Waals surface area contributed by atoms with Gasteiger partial charge in [0.25, 0.3) is 0 Å². The highest BCUT2D eigenvalue weighted by molar-refractivity contribution is 5.80. The number of carbonyl (C=O) groups excluding carboxylic acids is 1. The molecular weight excluding hydrogens is 859 g/mol. The van der Waals surface area contributed by atoms with Gasteiger partial charge in [-0.25, -0.2) is 0 Å². The molecule has 1 heterocycles. The number of aliphatic hydroxyl groups is 7. The van der Waals surface area contributed by atoms with E-state index in [1.165, 1.54) is 193 Å². The fourth-order valence-electron chi connectivity index (χ4n) is 9.54. The SMILES string of the molecule is CCCC/C=C\CCCCCC(O)C(=O)NC(COC1OC(CO)C(O)C(O)C1O)C(O)C(O)CCCCCCCCCCCCCCCCCCCCCCCCCCCCCCCCCC. The second-order valence-corrected chi connectivity index (χ2v) is 20.7. The summed E-state index contributed by atoms with van der Waals surface area (Å²) >= 11 is 0. The molecule has 0 saturated carbocycles. The number of amides is 1. The predicted molar refractivity (Wildman–Crippen MR) is 279 cm³/mol. The maximum atomic E-state index is 13.1. The van der Waals surface area contributed by atoms with E-state index >= 15 is 0 Å². The largest absolute Gasteiger partial charge is 0.394 e. The summed E-state index contributed by atoms with van der Waals surface area (Å²) in [6, 6.07) is -1.17. The highest BCUT2D eigenvalue weighted by Crippen LogP contribution is 2.24. The van der Waals surface area contributed by atoms with Crippen LogP contribution >= 0.6 is 0 Å². The molecule has 0 aliphatic carbocycles. The Morgan fingerprint density at radius 3 is 1.28 bits per heavy atom. The van der Waals surface area contributed by atoms with Gasteiger partial charge in [0.2, 0.25) is 5.91 Å². The van der Waals surface area contributed by atoms with Crippen LogP contribution in [0.5, 0.6) is 0 Å². The lowest BCUT2D eigenvalue weighted by atomic mass is 9.98. The van der Waals surface area contributed by atoms with Crippen molar-refractivity contribution in [2.24, 2.45) is 0 Å². The Hall–Kier alpha value is -1.15. The Bertz CT molecular complexity index is 1110. The molecule has 8 N–H and O–H groups in total. The smallest absolute Gasteiger partial charge is 0.249 e. The Kier molecular flexibility index (Phi) is 44.7. The van der Waals surface area contributed by atoms with Gasteiger partial charge in [-0.3, -0.25) is 4.79 Å². The first-order valence-corrected chi connectivity index (χ1v) is 29.1. The van der Waals surface area contributed by atoms with E-state index in [4.69, 9.17) is 9.47 Å². The Labute approximate surface area is 417 Å². The number of ether oxygens (including phenoxy) is 2. The molecule has 1 aliphatic rings.